The molecule has 0 saturated carbocycles. The van der Waals surface area contributed by atoms with Crippen molar-refractivity contribution in [3.05, 3.63) is 88.1 Å². The first-order chi connectivity index (χ1) is 13.1. The number of hydrogen-bond donors (Lipinski definition) is 0. The maximum atomic E-state index is 14.5. The van der Waals surface area contributed by atoms with Gasteiger partial charge in [-0.1, -0.05) is 17.7 Å². The molecule has 0 fully saturated rings. The molecule has 27 heavy (non-hydrogen) atoms. The molecule has 4 aromatic rings. The van der Waals surface area contributed by atoms with E-state index in [1.54, 1.807) is 30.6 Å². The highest BCUT2D eigenvalue weighted by Crippen LogP contribution is 2.26. The van der Waals surface area contributed by atoms with Crippen molar-refractivity contribution in [1.82, 2.24) is 14.4 Å². The van der Waals surface area contributed by atoms with Crippen LogP contribution < -0.4 is 15.2 Å². The second-order valence-corrected chi connectivity index (χ2v) is 6.31. The summed E-state index contributed by atoms with van der Waals surface area (Å²) in [4.78, 5) is 20.8. The Bertz CT molecular complexity index is 1210. The van der Waals surface area contributed by atoms with Crippen LogP contribution in [0.3, 0.4) is 0 Å². The van der Waals surface area contributed by atoms with Crippen molar-refractivity contribution < 1.29 is 14.1 Å². The molecule has 0 aliphatic heterocycles. The van der Waals surface area contributed by atoms with Gasteiger partial charge in [0.1, 0.15) is 24.3 Å². The van der Waals surface area contributed by atoms with Gasteiger partial charge in [-0.15, -0.1) is 0 Å². The summed E-state index contributed by atoms with van der Waals surface area (Å²) in [5, 5.41) is 13.3. The third kappa shape index (κ3) is 3.02. The number of fused-ring (bicyclic) bond motifs is 1. The first kappa shape index (κ1) is 17.1. The Kier molecular flexibility index (Phi) is 4.29. The van der Waals surface area contributed by atoms with Gasteiger partial charge in [-0.05, 0) is 24.3 Å². The predicted octanol–water partition coefficient (Wildman–Crippen LogP) is 1.96. The zero-order chi connectivity index (χ0) is 19.0. The Labute approximate surface area is 157 Å². The van der Waals surface area contributed by atoms with Crippen LogP contribution in [0.15, 0.2) is 66.1 Å². The Morgan fingerprint density at radius 2 is 1.96 bits per heavy atom. The first-order valence-corrected chi connectivity index (χ1v) is 8.37. The summed E-state index contributed by atoms with van der Waals surface area (Å²) >= 11 is 5.80. The molecule has 0 unspecified atom stereocenters. The maximum Gasteiger partial charge on any atom is 0.349 e. The van der Waals surface area contributed by atoms with E-state index in [2.05, 4.69) is 9.97 Å². The van der Waals surface area contributed by atoms with Gasteiger partial charge in [-0.3, -0.25) is 0 Å². The van der Waals surface area contributed by atoms with E-state index in [1.165, 1.54) is 33.6 Å². The molecule has 0 saturated heterocycles. The molecule has 6 nitrogen and oxygen atoms in total. The average molecular weight is 383 g/mol. The lowest BCUT2D eigenvalue weighted by atomic mass is 10.1. The van der Waals surface area contributed by atoms with E-state index in [0.29, 0.717) is 11.2 Å². The summed E-state index contributed by atoms with van der Waals surface area (Å²) in [5.74, 6) is -1.33. The summed E-state index contributed by atoms with van der Waals surface area (Å²) in [6, 6.07) is 8.88. The zero-order valence-corrected chi connectivity index (χ0v) is 14.6. The molecule has 0 amide bonds. The lowest BCUT2D eigenvalue weighted by molar-refractivity contribution is -0.708. The van der Waals surface area contributed by atoms with Crippen LogP contribution in [-0.2, 0) is 6.54 Å². The van der Waals surface area contributed by atoms with Crippen LogP contribution in [0.2, 0.25) is 5.02 Å². The lowest BCUT2D eigenvalue weighted by Gasteiger charge is -2.17. The van der Waals surface area contributed by atoms with Crippen molar-refractivity contribution in [1.29, 1.82) is 0 Å². The molecule has 0 aliphatic carbocycles. The molecule has 0 atom stereocenters. The fraction of sp³-hybridized carbons (Fsp3) is 0.0526. The summed E-state index contributed by atoms with van der Waals surface area (Å²) < 4.78 is 17.2. The Morgan fingerprint density at radius 1 is 1.19 bits per heavy atom. The molecule has 0 spiro atoms. The highest BCUT2D eigenvalue weighted by atomic mass is 35.5. The minimum atomic E-state index is -0.734. The molecular formula is C19H12ClFN4O2. The molecule has 3 aromatic heterocycles. The monoisotopic (exact) mass is 382 g/mol. The molecule has 134 valence electrons. The number of nitrogens with zero attached hydrogens (tertiary/aromatic N) is 4. The molecular weight excluding hydrogens is 371 g/mol. The van der Waals surface area contributed by atoms with Crippen molar-refractivity contribution >= 4 is 17.2 Å². The van der Waals surface area contributed by atoms with Crippen molar-refractivity contribution in [2.24, 2.45) is 0 Å². The number of rotatable bonds is 3. The van der Waals surface area contributed by atoms with Gasteiger partial charge in [-0.25, -0.2) is 23.7 Å². The largest absolute Gasteiger partial charge is 0.842 e. The SMILES string of the molecule is O=c1c(-c2ccc(Cl)cc2F)c([O-])[n+](Cc2cncnc2)c2ccccn12. The Balaban J connectivity index is 2.04. The van der Waals surface area contributed by atoms with Crippen LogP contribution in [0.25, 0.3) is 16.8 Å². The quantitative estimate of drug-likeness (QED) is 0.508. The van der Waals surface area contributed by atoms with E-state index in [4.69, 9.17) is 11.6 Å². The topological polar surface area (TPSA) is 74.2 Å². The maximum absolute atomic E-state index is 14.5. The van der Waals surface area contributed by atoms with E-state index in [0.717, 1.165) is 6.07 Å². The highest BCUT2D eigenvalue weighted by molar-refractivity contribution is 6.30. The van der Waals surface area contributed by atoms with Crippen LogP contribution in [0, 0.1) is 5.82 Å². The van der Waals surface area contributed by atoms with Crippen LogP contribution in [0.5, 0.6) is 5.88 Å². The molecule has 3 heterocycles. The summed E-state index contributed by atoms with van der Waals surface area (Å²) in [6.07, 6.45) is 6.07. The molecule has 1 aromatic carbocycles. The van der Waals surface area contributed by atoms with Gasteiger partial charge in [-0.2, -0.15) is 4.40 Å². The van der Waals surface area contributed by atoms with Gasteiger partial charge < -0.3 is 5.11 Å². The van der Waals surface area contributed by atoms with Crippen molar-refractivity contribution in [2.75, 3.05) is 0 Å². The standard InChI is InChI=1S/C19H12ClFN4O2/c20-13-4-5-14(15(21)7-13)17-18(26)24-6-2-1-3-16(24)25(19(17)27)10-12-8-22-11-23-9-12/h1-9,11H,10H2. The van der Waals surface area contributed by atoms with E-state index >= 15 is 0 Å². The summed E-state index contributed by atoms with van der Waals surface area (Å²) in [7, 11) is 0. The van der Waals surface area contributed by atoms with Crippen molar-refractivity contribution in [3.8, 4) is 17.0 Å². The van der Waals surface area contributed by atoms with E-state index in [9.17, 15) is 14.3 Å². The smallest absolute Gasteiger partial charge is 0.349 e. The lowest BCUT2D eigenvalue weighted by Crippen LogP contribution is -2.44. The normalized spacial score (nSPS) is 11.0. The summed E-state index contributed by atoms with van der Waals surface area (Å²) in [6.45, 7) is 0.135. The third-order valence-electron chi connectivity index (χ3n) is 4.16. The molecule has 0 radical (unpaired) electrons. The van der Waals surface area contributed by atoms with Gasteiger partial charge >= 0.3 is 5.56 Å². The average Bonchev–Trinajstić information content (AvgIpc) is 2.68. The third-order valence-corrected chi connectivity index (χ3v) is 4.40. The first-order valence-electron chi connectivity index (χ1n) is 8.00. The molecule has 0 aliphatic rings. The van der Waals surface area contributed by atoms with E-state index in [1.807, 2.05) is 0 Å². The fourth-order valence-corrected chi connectivity index (χ4v) is 3.11. The second-order valence-electron chi connectivity index (χ2n) is 5.87. The van der Waals surface area contributed by atoms with Crippen LogP contribution >= 0.6 is 11.6 Å². The number of hydrogen-bond acceptors (Lipinski definition) is 4. The molecule has 4 rings (SSSR count). The molecule has 0 N–H and O–H groups in total. The second kappa shape index (κ2) is 6.77. The van der Waals surface area contributed by atoms with Gasteiger partial charge in [0.15, 0.2) is 0 Å². The number of aromatic nitrogens is 4. The highest BCUT2D eigenvalue weighted by Gasteiger charge is 2.22. The number of benzene rings is 1. The molecule has 0 bridgehead atoms. The zero-order valence-electron chi connectivity index (χ0n) is 13.8. The van der Waals surface area contributed by atoms with Gasteiger partial charge in [0.2, 0.25) is 0 Å². The van der Waals surface area contributed by atoms with Gasteiger partial charge in [0.25, 0.3) is 5.65 Å². The Hall–Kier alpha value is -3.32. The van der Waals surface area contributed by atoms with Crippen molar-refractivity contribution in [3.63, 3.8) is 0 Å². The van der Waals surface area contributed by atoms with E-state index in [-0.39, 0.29) is 22.7 Å². The number of pyridine rings is 1. The van der Waals surface area contributed by atoms with Crippen LogP contribution in [0.4, 0.5) is 4.39 Å². The minimum Gasteiger partial charge on any atom is -0.842 e. The van der Waals surface area contributed by atoms with Gasteiger partial charge in [0, 0.05) is 34.6 Å². The summed E-state index contributed by atoms with van der Waals surface area (Å²) in [5.41, 5.74) is 0.105. The molecule has 8 heteroatoms. The Morgan fingerprint density at radius 3 is 2.70 bits per heavy atom. The van der Waals surface area contributed by atoms with Gasteiger partial charge in [0.05, 0.1) is 12.1 Å². The van der Waals surface area contributed by atoms with E-state index < -0.39 is 17.3 Å². The number of halogens is 2. The van der Waals surface area contributed by atoms with Crippen LogP contribution in [-0.4, -0.2) is 14.4 Å². The van der Waals surface area contributed by atoms with Crippen molar-refractivity contribution in [2.45, 2.75) is 6.54 Å². The fourth-order valence-electron chi connectivity index (χ4n) is 2.95. The predicted molar refractivity (Wildman–Crippen MR) is 94.8 cm³/mol. The van der Waals surface area contributed by atoms with Crippen LogP contribution in [0.1, 0.15) is 5.56 Å². The minimum absolute atomic E-state index is 0.0919.